The minimum atomic E-state index is -5.02. The average molecular weight is 1320 g/mol. The van der Waals surface area contributed by atoms with Gasteiger partial charge >= 0.3 is 89.8 Å². The fraction of sp³-hybridized carbons (Fsp3) is 0.815. The molecule has 0 rings (SSSR count). The zero-order valence-corrected chi connectivity index (χ0v) is 52.3. The fourth-order valence-electron chi connectivity index (χ4n) is 3.84. The van der Waals surface area contributed by atoms with Crippen molar-refractivity contribution in [3.05, 3.63) is 0 Å². The summed E-state index contributed by atoms with van der Waals surface area (Å²) in [6, 6.07) is 0. The van der Waals surface area contributed by atoms with E-state index < -0.39 is 156 Å². The molecule has 0 fully saturated rings. The molecule has 0 aliphatic carbocycles. The Hall–Kier alpha value is -6.28. The second-order valence-electron chi connectivity index (χ2n) is 21.6. The molecular formula is C54H84F14O20. The van der Waals surface area contributed by atoms with Gasteiger partial charge in [-0.3, -0.25) is 24.0 Å². The predicted octanol–water partition coefficient (Wildman–Crippen LogP) is 11.3. The van der Waals surface area contributed by atoms with E-state index in [-0.39, 0.29) is 39.6 Å². The smallest absolute Gasteiger partial charge is 0.462 e. The molecule has 0 bridgehead atoms. The molecule has 0 saturated carbocycles. The van der Waals surface area contributed by atoms with Gasteiger partial charge in [0.2, 0.25) is 6.43 Å². The van der Waals surface area contributed by atoms with Crippen molar-refractivity contribution in [3.8, 4) is 0 Å². The van der Waals surface area contributed by atoms with Crippen LogP contribution in [0.3, 0.4) is 0 Å². The molecule has 0 aromatic carbocycles. The lowest BCUT2D eigenvalue weighted by molar-refractivity contribution is -0.201. The zero-order valence-electron chi connectivity index (χ0n) is 52.3. The maximum atomic E-state index is 12.8. The molecule has 0 aliphatic rings. The number of hydrogen-bond donors (Lipinski definition) is 0. The minimum absolute atomic E-state index is 0.218. The number of rotatable bonds is 30. The molecular weight excluding hydrogens is 1230 g/mol. The van der Waals surface area contributed by atoms with Crippen molar-refractivity contribution >= 4 is 59.7 Å². The number of alkyl halides is 14. The van der Waals surface area contributed by atoms with E-state index in [1.165, 1.54) is 0 Å². The van der Waals surface area contributed by atoms with Crippen LogP contribution in [-0.4, -0.2) is 162 Å². The first-order valence-electron chi connectivity index (χ1n) is 26.7. The molecule has 0 saturated heterocycles. The third-order valence-electron chi connectivity index (χ3n) is 11.8. The SMILES string of the molecule is CCC(C)(C)C(=O)OCCOC(=O)C(C)(F)F.CCC(C)(C)C(=O)OCCOC(=O)C(C)(F)F.CCC(C)(C)C(=O)OCCOC(=O)C(F)(F)CC(F)F.CCC(C)(C)C(=O)OCCOC(=O)C(F)(F)F.CCC(C)(C)C(=O)OCCOC(=O)C(F)(F)F. The van der Waals surface area contributed by atoms with Gasteiger partial charge in [-0.1, -0.05) is 34.6 Å². The Kier molecular flexibility index (Phi) is 41.5. The molecule has 0 spiro atoms. The van der Waals surface area contributed by atoms with Crippen LogP contribution in [0.15, 0.2) is 0 Å². The molecule has 88 heavy (non-hydrogen) atoms. The van der Waals surface area contributed by atoms with Gasteiger partial charge in [-0.2, -0.15) is 52.7 Å². The normalized spacial score (nSPS) is 12.2. The Bertz CT molecular complexity index is 1930. The van der Waals surface area contributed by atoms with E-state index in [4.69, 9.17) is 14.2 Å². The summed E-state index contributed by atoms with van der Waals surface area (Å²) in [5.41, 5.74) is -3.39. The molecule has 518 valence electrons. The predicted molar refractivity (Wildman–Crippen MR) is 279 cm³/mol. The number of carbonyl (C=O) groups excluding carboxylic acids is 10. The summed E-state index contributed by atoms with van der Waals surface area (Å²) < 4.78 is 213. The average Bonchev–Trinajstić information content (AvgIpc) is 3.50. The van der Waals surface area contributed by atoms with E-state index in [1.54, 1.807) is 90.0 Å². The van der Waals surface area contributed by atoms with Crippen molar-refractivity contribution in [2.45, 2.75) is 193 Å². The zero-order chi connectivity index (χ0) is 70.7. The first kappa shape index (κ1) is 90.5. The van der Waals surface area contributed by atoms with E-state index in [0.717, 1.165) is 0 Å². The molecule has 0 aromatic heterocycles. The molecule has 0 N–H and O–H groups in total. The Labute approximate surface area is 501 Å². The van der Waals surface area contributed by atoms with Crippen LogP contribution in [0.5, 0.6) is 0 Å². The Morgan fingerprint density at radius 1 is 0.261 bits per heavy atom. The molecule has 20 nitrogen and oxygen atoms in total. The van der Waals surface area contributed by atoms with Crippen LogP contribution in [0.4, 0.5) is 61.5 Å². The Morgan fingerprint density at radius 2 is 0.409 bits per heavy atom. The van der Waals surface area contributed by atoms with Crippen molar-refractivity contribution in [2.75, 3.05) is 66.1 Å². The fourth-order valence-corrected chi connectivity index (χ4v) is 3.84. The summed E-state index contributed by atoms with van der Waals surface area (Å²) in [5.74, 6) is -23.7. The lowest BCUT2D eigenvalue weighted by atomic mass is 9.91. The van der Waals surface area contributed by atoms with Gasteiger partial charge in [0.05, 0.1) is 33.5 Å². The van der Waals surface area contributed by atoms with Crippen molar-refractivity contribution in [1.29, 1.82) is 0 Å². The highest BCUT2D eigenvalue weighted by Gasteiger charge is 2.44. The van der Waals surface area contributed by atoms with Crippen molar-refractivity contribution in [3.63, 3.8) is 0 Å². The number of carbonyl (C=O) groups is 10. The quantitative estimate of drug-likeness (QED) is 0.0280. The van der Waals surface area contributed by atoms with E-state index in [0.29, 0.717) is 46.0 Å². The molecule has 0 unspecified atom stereocenters. The van der Waals surface area contributed by atoms with Crippen molar-refractivity contribution in [1.82, 2.24) is 0 Å². The van der Waals surface area contributed by atoms with Crippen molar-refractivity contribution < 1.29 is 157 Å². The van der Waals surface area contributed by atoms with E-state index in [1.807, 2.05) is 13.8 Å². The molecule has 34 heteroatoms. The standard InChI is InChI=1S/C12H18F4O4.2C11H18F2O4.2C10H15F3O4/c1-4-11(2,3)9(17)19-5-6-20-10(18)12(15,16)7-8(13)14;2*1-5-10(2,3)8(14)16-6-7-17-9(15)11(4,12)13;2*1-4-9(2,3)7(14)16-5-6-17-8(15)10(11,12)13/h8H,4-7H2,1-3H3;2*5-7H2,1-4H3;2*4-6H2,1-3H3. The third kappa shape index (κ3) is 41.8. The molecule has 0 amide bonds. The Morgan fingerprint density at radius 3 is 0.545 bits per heavy atom. The highest BCUT2D eigenvalue weighted by molar-refractivity contribution is 5.80. The topological polar surface area (TPSA) is 263 Å². The monoisotopic (exact) mass is 1320 g/mol. The number of hydrogen-bond acceptors (Lipinski definition) is 20. The van der Waals surface area contributed by atoms with Crippen LogP contribution in [0.25, 0.3) is 0 Å². The molecule has 0 aliphatic heterocycles. The second kappa shape index (κ2) is 40.4. The largest absolute Gasteiger partial charge is 0.490 e. The van der Waals surface area contributed by atoms with Gasteiger partial charge in [0.25, 0.3) is 0 Å². The Balaban J connectivity index is -0.000000327. The van der Waals surface area contributed by atoms with Gasteiger partial charge in [-0.15, -0.1) is 0 Å². The molecule has 0 aromatic rings. The van der Waals surface area contributed by atoms with Crippen LogP contribution in [0.2, 0.25) is 0 Å². The van der Waals surface area contributed by atoms with Crippen molar-refractivity contribution in [2.24, 2.45) is 27.1 Å². The maximum Gasteiger partial charge on any atom is 0.490 e. The van der Waals surface area contributed by atoms with Gasteiger partial charge in [-0.05, 0) is 101 Å². The van der Waals surface area contributed by atoms with Crippen LogP contribution in [0.1, 0.15) is 156 Å². The van der Waals surface area contributed by atoms with Crippen LogP contribution < -0.4 is 0 Å². The third-order valence-corrected chi connectivity index (χ3v) is 11.8. The summed E-state index contributed by atoms with van der Waals surface area (Å²) in [6.45, 7) is 22.4. The van der Waals surface area contributed by atoms with Crippen LogP contribution in [-0.2, 0) is 95.3 Å². The van der Waals surface area contributed by atoms with Gasteiger partial charge in [0, 0.05) is 13.8 Å². The van der Waals surface area contributed by atoms with Gasteiger partial charge in [0.15, 0.2) is 0 Å². The summed E-state index contributed by atoms with van der Waals surface area (Å²) in [6.07, 6.45) is -12.5. The molecule has 0 radical (unpaired) electrons. The number of halogens is 14. The molecule has 0 heterocycles. The lowest BCUT2D eigenvalue weighted by Crippen LogP contribution is -2.34. The minimum Gasteiger partial charge on any atom is -0.462 e. The van der Waals surface area contributed by atoms with Gasteiger partial charge < -0.3 is 47.4 Å². The highest BCUT2D eigenvalue weighted by atomic mass is 19.4. The van der Waals surface area contributed by atoms with E-state index >= 15 is 0 Å². The van der Waals surface area contributed by atoms with Crippen LogP contribution in [0, 0.1) is 27.1 Å². The summed E-state index contributed by atoms with van der Waals surface area (Å²) in [7, 11) is 0. The summed E-state index contributed by atoms with van der Waals surface area (Å²) in [5, 5.41) is 0. The highest BCUT2D eigenvalue weighted by Crippen LogP contribution is 2.27. The number of esters is 10. The number of ether oxygens (including phenoxy) is 10. The summed E-state index contributed by atoms with van der Waals surface area (Å²) in [4.78, 5) is 110. The van der Waals surface area contributed by atoms with E-state index in [2.05, 4.69) is 33.2 Å². The maximum absolute atomic E-state index is 12.8. The molecule has 0 atom stereocenters. The van der Waals surface area contributed by atoms with E-state index in [9.17, 15) is 109 Å². The van der Waals surface area contributed by atoms with Gasteiger partial charge in [0.1, 0.15) is 66.1 Å². The first-order valence-corrected chi connectivity index (χ1v) is 26.7. The van der Waals surface area contributed by atoms with Gasteiger partial charge in [-0.25, -0.2) is 32.8 Å². The second-order valence-corrected chi connectivity index (χ2v) is 21.6. The lowest BCUT2D eigenvalue weighted by Gasteiger charge is -2.20. The van der Waals surface area contributed by atoms with Crippen LogP contribution >= 0.6 is 0 Å². The summed E-state index contributed by atoms with van der Waals surface area (Å²) >= 11 is 0. The first-order chi connectivity index (χ1) is 39.5.